The van der Waals surface area contributed by atoms with Crippen LogP contribution < -0.4 is 10.6 Å². The lowest BCUT2D eigenvalue weighted by Crippen LogP contribution is -2.42. The van der Waals surface area contributed by atoms with Gasteiger partial charge in [-0.05, 0) is 24.8 Å². The minimum absolute atomic E-state index is 0.0187. The second kappa shape index (κ2) is 7.47. The SMILES string of the molecule is O=C(O)CCC(NC(=O)NC1CC=CC1)c1ccccc1. The number of hydrogen-bond acceptors (Lipinski definition) is 2. The number of carboxylic acids is 1. The van der Waals surface area contributed by atoms with Crippen LogP contribution in [-0.4, -0.2) is 23.1 Å². The van der Waals surface area contributed by atoms with Crippen molar-refractivity contribution in [2.75, 3.05) is 0 Å². The molecule has 0 bridgehead atoms. The molecule has 0 fully saturated rings. The third kappa shape index (κ3) is 4.95. The Balaban J connectivity index is 1.94. The van der Waals surface area contributed by atoms with Gasteiger partial charge in [-0.3, -0.25) is 4.79 Å². The molecule has 2 rings (SSSR count). The fourth-order valence-electron chi connectivity index (χ4n) is 2.40. The quantitative estimate of drug-likeness (QED) is 0.704. The Morgan fingerprint density at radius 2 is 1.86 bits per heavy atom. The van der Waals surface area contributed by atoms with Crippen molar-refractivity contribution < 1.29 is 14.7 Å². The van der Waals surface area contributed by atoms with E-state index < -0.39 is 5.97 Å². The fraction of sp³-hybridized carbons (Fsp3) is 0.375. The van der Waals surface area contributed by atoms with E-state index >= 15 is 0 Å². The smallest absolute Gasteiger partial charge is 0.315 e. The van der Waals surface area contributed by atoms with E-state index in [2.05, 4.69) is 10.6 Å². The largest absolute Gasteiger partial charge is 0.481 e. The predicted octanol–water partition coefficient (Wildman–Crippen LogP) is 2.61. The summed E-state index contributed by atoms with van der Waals surface area (Å²) in [4.78, 5) is 22.8. The fourth-order valence-corrected chi connectivity index (χ4v) is 2.40. The number of aliphatic carboxylic acids is 1. The minimum atomic E-state index is -0.863. The Bertz CT molecular complexity index is 506. The molecule has 0 heterocycles. The Morgan fingerprint density at radius 3 is 2.48 bits per heavy atom. The van der Waals surface area contributed by atoms with Crippen molar-refractivity contribution >= 4 is 12.0 Å². The van der Waals surface area contributed by atoms with Crippen LogP contribution in [0.15, 0.2) is 42.5 Å². The van der Waals surface area contributed by atoms with Crippen molar-refractivity contribution in [3.8, 4) is 0 Å². The number of nitrogens with one attached hydrogen (secondary N) is 2. The van der Waals surface area contributed by atoms with Crippen LogP contribution in [-0.2, 0) is 4.79 Å². The third-order valence-electron chi connectivity index (χ3n) is 3.50. The van der Waals surface area contributed by atoms with Gasteiger partial charge in [-0.1, -0.05) is 42.5 Å². The average molecular weight is 288 g/mol. The van der Waals surface area contributed by atoms with Crippen molar-refractivity contribution in [2.24, 2.45) is 0 Å². The molecule has 5 heteroatoms. The summed E-state index contributed by atoms with van der Waals surface area (Å²) in [6.45, 7) is 0. The molecule has 1 aliphatic carbocycles. The van der Waals surface area contributed by atoms with Crippen molar-refractivity contribution in [2.45, 2.75) is 37.8 Å². The maximum absolute atomic E-state index is 12.0. The van der Waals surface area contributed by atoms with Gasteiger partial charge in [0.05, 0.1) is 6.04 Å². The van der Waals surface area contributed by atoms with Crippen LogP contribution in [0.4, 0.5) is 4.79 Å². The lowest BCUT2D eigenvalue weighted by molar-refractivity contribution is -0.137. The van der Waals surface area contributed by atoms with Crippen LogP contribution in [0.2, 0.25) is 0 Å². The molecule has 0 saturated heterocycles. The number of carbonyl (C=O) groups excluding carboxylic acids is 1. The molecule has 1 aliphatic rings. The van der Waals surface area contributed by atoms with Gasteiger partial charge in [-0.2, -0.15) is 0 Å². The summed E-state index contributed by atoms with van der Waals surface area (Å²) in [5, 5.41) is 14.6. The maximum atomic E-state index is 12.0. The number of benzene rings is 1. The van der Waals surface area contributed by atoms with E-state index in [1.54, 1.807) is 0 Å². The van der Waals surface area contributed by atoms with Gasteiger partial charge in [0.2, 0.25) is 0 Å². The zero-order chi connectivity index (χ0) is 15.1. The first kappa shape index (κ1) is 15.1. The van der Waals surface area contributed by atoms with Crippen molar-refractivity contribution in [1.82, 2.24) is 10.6 Å². The summed E-state index contributed by atoms with van der Waals surface area (Å²) < 4.78 is 0. The third-order valence-corrected chi connectivity index (χ3v) is 3.50. The highest BCUT2D eigenvalue weighted by Crippen LogP contribution is 2.18. The Hall–Kier alpha value is -2.30. The molecule has 1 unspecified atom stereocenters. The molecule has 0 spiro atoms. The van der Waals surface area contributed by atoms with Crippen LogP contribution in [0.1, 0.15) is 37.3 Å². The molecule has 3 N–H and O–H groups in total. The second-order valence-corrected chi connectivity index (χ2v) is 5.15. The first-order chi connectivity index (χ1) is 10.1. The molecule has 21 heavy (non-hydrogen) atoms. The molecule has 112 valence electrons. The minimum Gasteiger partial charge on any atom is -0.481 e. The zero-order valence-electron chi connectivity index (χ0n) is 11.8. The summed E-state index contributed by atoms with van der Waals surface area (Å²) in [5.74, 6) is -0.863. The summed E-state index contributed by atoms with van der Waals surface area (Å²) in [7, 11) is 0. The topological polar surface area (TPSA) is 78.4 Å². The molecule has 0 aliphatic heterocycles. The van der Waals surface area contributed by atoms with Gasteiger partial charge in [-0.15, -0.1) is 0 Å². The maximum Gasteiger partial charge on any atom is 0.315 e. The number of carbonyl (C=O) groups is 2. The van der Waals surface area contributed by atoms with Gasteiger partial charge in [0.1, 0.15) is 0 Å². The summed E-state index contributed by atoms with van der Waals surface area (Å²) >= 11 is 0. The molecule has 1 atom stereocenters. The van der Waals surface area contributed by atoms with Gasteiger partial charge in [0.25, 0.3) is 0 Å². The zero-order valence-corrected chi connectivity index (χ0v) is 11.8. The summed E-state index contributed by atoms with van der Waals surface area (Å²) in [6, 6.07) is 9.03. The highest BCUT2D eigenvalue weighted by atomic mass is 16.4. The van der Waals surface area contributed by atoms with E-state index in [4.69, 9.17) is 5.11 Å². The first-order valence-electron chi connectivity index (χ1n) is 7.14. The molecule has 0 saturated carbocycles. The number of hydrogen-bond donors (Lipinski definition) is 3. The molecule has 5 nitrogen and oxygen atoms in total. The van der Waals surface area contributed by atoms with E-state index in [0.717, 1.165) is 18.4 Å². The highest BCUT2D eigenvalue weighted by molar-refractivity contribution is 5.75. The monoisotopic (exact) mass is 288 g/mol. The lowest BCUT2D eigenvalue weighted by Gasteiger charge is -2.21. The number of urea groups is 1. The summed E-state index contributed by atoms with van der Waals surface area (Å²) in [5.41, 5.74) is 0.915. The average Bonchev–Trinajstić information content (AvgIpc) is 2.97. The Kier molecular flexibility index (Phi) is 5.37. The number of rotatable bonds is 6. The molecule has 0 radical (unpaired) electrons. The Labute approximate surface area is 124 Å². The second-order valence-electron chi connectivity index (χ2n) is 5.15. The lowest BCUT2D eigenvalue weighted by atomic mass is 10.0. The molecule has 1 aromatic carbocycles. The molecule has 2 amide bonds. The van der Waals surface area contributed by atoms with Crippen LogP contribution in [0.5, 0.6) is 0 Å². The normalized spacial score (nSPS) is 15.6. The van der Waals surface area contributed by atoms with E-state index in [1.165, 1.54) is 0 Å². The Morgan fingerprint density at radius 1 is 1.19 bits per heavy atom. The van der Waals surface area contributed by atoms with Gasteiger partial charge in [0, 0.05) is 12.5 Å². The van der Waals surface area contributed by atoms with E-state index in [-0.39, 0.29) is 24.5 Å². The molecular formula is C16H20N2O3. The van der Waals surface area contributed by atoms with E-state index in [1.807, 2.05) is 42.5 Å². The molecule has 0 aromatic heterocycles. The van der Waals surface area contributed by atoms with E-state index in [9.17, 15) is 9.59 Å². The predicted molar refractivity (Wildman–Crippen MR) is 79.9 cm³/mol. The van der Waals surface area contributed by atoms with Gasteiger partial charge < -0.3 is 15.7 Å². The van der Waals surface area contributed by atoms with Crippen molar-refractivity contribution in [3.05, 3.63) is 48.0 Å². The van der Waals surface area contributed by atoms with Crippen LogP contribution in [0.3, 0.4) is 0 Å². The molecular weight excluding hydrogens is 268 g/mol. The van der Waals surface area contributed by atoms with Crippen LogP contribution in [0, 0.1) is 0 Å². The number of amides is 2. The van der Waals surface area contributed by atoms with Crippen molar-refractivity contribution in [3.63, 3.8) is 0 Å². The van der Waals surface area contributed by atoms with Gasteiger partial charge >= 0.3 is 12.0 Å². The van der Waals surface area contributed by atoms with E-state index in [0.29, 0.717) is 6.42 Å². The van der Waals surface area contributed by atoms with Crippen LogP contribution in [0.25, 0.3) is 0 Å². The number of carboxylic acid groups (broad SMARTS) is 1. The highest BCUT2D eigenvalue weighted by Gasteiger charge is 2.18. The van der Waals surface area contributed by atoms with Gasteiger partial charge in [0.15, 0.2) is 0 Å². The standard InChI is InChI=1S/C16H20N2O3/c19-15(20)11-10-14(12-6-2-1-3-7-12)18-16(21)17-13-8-4-5-9-13/h1-7,13-14H,8-11H2,(H,19,20)(H2,17,18,21). The van der Waals surface area contributed by atoms with Crippen molar-refractivity contribution in [1.29, 1.82) is 0 Å². The van der Waals surface area contributed by atoms with Gasteiger partial charge in [-0.25, -0.2) is 4.79 Å². The van der Waals surface area contributed by atoms with Crippen LogP contribution >= 0.6 is 0 Å². The first-order valence-corrected chi connectivity index (χ1v) is 7.14. The summed E-state index contributed by atoms with van der Waals surface area (Å²) in [6.07, 6.45) is 6.17. The molecule has 1 aromatic rings.